The maximum atomic E-state index is 12.5. The molecule has 1 aliphatic rings. The summed E-state index contributed by atoms with van der Waals surface area (Å²) in [4.78, 5) is 18.8. The lowest BCUT2D eigenvalue weighted by Crippen LogP contribution is -2.47. The molecule has 1 N–H and O–H groups in total. The van der Waals surface area contributed by atoms with Crippen molar-refractivity contribution in [3.05, 3.63) is 42.1 Å². The summed E-state index contributed by atoms with van der Waals surface area (Å²) >= 11 is 0. The van der Waals surface area contributed by atoms with Crippen LogP contribution in [-0.2, 0) is 4.74 Å². The number of amides is 1. The predicted molar refractivity (Wildman–Crippen MR) is 129 cm³/mol. The van der Waals surface area contributed by atoms with E-state index in [-0.39, 0.29) is 12.1 Å². The number of hydrogen-bond donors (Lipinski definition) is 1. The summed E-state index contributed by atoms with van der Waals surface area (Å²) in [6.45, 7) is 8.82. The van der Waals surface area contributed by atoms with E-state index >= 15 is 0 Å². The fourth-order valence-electron chi connectivity index (χ4n) is 4.06. The molecule has 8 nitrogen and oxygen atoms in total. The van der Waals surface area contributed by atoms with Gasteiger partial charge in [0.15, 0.2) is 5.82 Å². The zero-order valence-corrected chi connectivity index (χ0v) is 19.9. The molecule has 4 rings (SSSR count). The third kappa shape index (κ3) is 5.16. The largest absolute Gasteiger partial charge is 0.480 e. The van der Waals surface area contributed by atoms with Crippen LogP contribution in [0.3, 0.4) is 0 Å². The van der Waals surface area contributed by atoms with Crippen LogP contribution in [0.4, 0.5) is 10.6 Å². The number of nitrogens with one attached hydrogen (secondary N) is 1. The third-order valence-electron chi connectivity index (χ3n) is 5.55. The fourth-order valence-corrected chi connectivity index (χ4v) is 4.06. The summed E-state index contributed by atoms with van der Waals surface area (Å²) in [6.07, 6.45) is 1.55. The van der Waals surface area contributed by atoms with Gasteiger partial charge in [0, 0.05) is 35.6 Å². The van der Waals surface area contributed by atoms with Gasteiger partial charge in [0.25, 0.3) is 0 Å². The Bertz CT molecular complexity index is 1160. The van der Waals surface area contributed by atoms with E-state index < -0.39 is 5.60 Å². The number of ether oxygens (including phenoxy) is 2. The van der Waals surface area contributed by atoms with Crippen LogP contribution in [0.2, 0.25) is 0 Å². The van der Waals surface area contributed by atoms with Crippen LogP contribution in [0.5, 0.6) is 5.88 Å². The van der Waals surface area contributed by atoms with Gasteiger partial charge in [-0.3, -0.25) is 0 Å². The van der Waals surface area contributed by atoms with Crippen LogP contribution in [0.15, 0.2) is 36.4 Å². The lowest BCUT2D eigenvalue weighted by Gasteiger charge is -2.34. The molecule has 1 amide bonds. The number of piperidine rings is 1. The normalized spacial score (nSPS) is 16.5. The maximum absolute atomic E-state index is 12.5. The van der Waals surface area contributed by atoms with E-state index in [0.717, 1.165) is 40.6 Å². The Balaban J connectivity index is 1.61. The van der Waals surface area contributed by atoms with Crippen molar-refractivity contribution in [3.63, 3.8) is 0 Å². The molecule has 0 bridgehead atoms. The van der Waals surface area contributed by atoms with Gasteiger partial charge < -0.3 is 19.7 Å². The number of carbonyl (C=O) groups is 1. The minimum Gasteiger partial charge on any atom is -0.480 e. The Hall–Kier alpha value is -3.42. The van der Waals surface area contributed by atoms with Crippen LogP contribution in [-0.4, -0.2) is 58.0 Å². The van der Waals surface area contributed by atoms with Crippen molar-refractivity contribution in [1.29, 1.82) is 0 Å². The molecule has 0 spiro atoms. The van der Waals surface area contributed by atoms with E-state index in [4.69, 9.17) is 9.47 Å². The molecular formula is C25H31N5O3. The highest BCUT2D eigenvalue weighted by atomic mass is 16.6. The average Bonchev–Trinajstić information content (AvgIpc) is 2.78. The predicted octanol–water partition coefficient (Wildman–Crippen LogP) is 4.82. The van der Waals surface area contributed by atoms with Gasteiger partial charge in [0.05, 0.1) is 12.7 Å². The summed E-state index contributed by atoms with van der Waals surface area (Å²) in [5.74, 6) is 1.22. The van der Waals surface area contributed by atoms with Gasteiger partial charge in [-0.05, 0) is 52.7 Å². The molecule has 1 atom stereocenters. The Labute approximate surface area is 194 Å². The average molecular weight is 450 g/mol. The van der Waals surface area contributed by atoms with Crippen molar-refractivity contribution in [2.45, 2.75) is 52.2 Å². The zero-order valence-electron chi connectivity index (χ0n) is 19.9. The minimum atomic E-state index is -0.513. The molecule has 1 aliphatic heterocycles. The van der Waals surface area contributed by atoms with Gasteiger partial charge in [-0.2, -0.15) is 0 Å². The molecule has 8 heteroatoms. The Morgan fingerprint density at radius 1 is 1.12 bits per heavy atom. The number of pyridine rings is 1. The van der Waals surface area contributed by atoms with Crippen molar-refractivity contribution in [2.75, 3.05) is 25.5 Å². The van der Waals surface area contributed by atoms with E-state index in [1.54, 1.807) is 12.0 Å². The SMILES string of the molecule is COc1nc(C)ccc1-c1nnc(N[C@@H]2CCCN(C(=O)OC(C)(C)C)C2)c2ccccc12. The second kappa shape index (κ2) is 9.21. The summed E-state index contributed by atoms with van der Waals surface area (Å²) in [6, 6.07) is 12.0. The minimum absolute atomic E-state index is 0.0606. The fraction of sp³-hybridized carbons (Fsp3) is 0.440. The van der Waals surface area contributed by atoms with Crippen molar-refractivity contribution in [3.8, 4) is 17.1 Å². The molecule has 3 aromatic rings. The molecule has 0 saturated carbocycles. The van der Waals surface area contributed by atoms with Gasteiger partial charge in [-0.25, -0.2) is 9.78 Å². The van der Waals surface area contributed by atoms with Crippen molar-refractivity contribution < 1.29 is 14.3 Å². The number of nitrogens with zero attached hydrogens (tertiary/aromatic N) is 4. The molecule has 1 saturated heterocycles. The number of fused-ring (bicyclic) bond motifs is 1. The molecule has 174 valence electrons. The topological polar surface area (TPSA) is 89.5 Å². The van der Waals surface area contributed by atoms with Crippen molar-refractivity contribution in [1.82, 2.24) is 20.1 Å². The number of benzene rings is 1. The number of anilines is 1. The molecule has 0 unspecified atom stereocenters. The summed E-state index contributed by atoms with van der Waals surface area (Å²) < 4.78 is 11.1. The van der Waals surface area contributed by atoms with Crippen LogP contribution in [0.25, 0.3) is 22.0 Å². The Morgan fingerprint density at radius 2 is 1.88 bits per heavy atom. The second-order valence-electron chi connectivity index (χ2n) is 9.36. The number of hydrogen-bond acceptors (Lipinski definition) is 7. The van der Waals surface area contributed by atoms with Gasteiger partial charge in [0.2, 0.25) is 5.88 Å². The number of aromatic nitrogens is 3. The first-order valence-electron chi connectivity index (χ1n) is 11.3. The molecule has 0 radical (unpaired) electrons. The van der Waals surface area contributed by atoms with Crippen LogP contribution >= 0.6 is 0 Å². The maximum Gasteiger partial charge on any atom is 0.410 e. The van der Waals surface area contributed by atoms with Crippen molar-refractivity contribution >= 4 is 22.7 Å². The van der Waals surface area contributed by atoms with Crippen LogP contribution < -0.4 is 10.1 Å². The van der Waals surface area contributed by atoms with Crippen LogP contribution in [0.1, 0.15) is 39.3 Å². The highest BCUT2D eigenvalue weighted by Gasteiger charge is 2.28. The van der Waals surface area contributed by atoms with Crippen molar-refractivity contribution in [2.24, 2.45) is 0 Å². The lowest BCUT2D eigenvalue weighted by atomic mass is 10.0. The number of likely N-dealkylation sites (tertiary alicyclic amines) is 1. The Kier molecular flexibility index (Phi) is 6.35. The molecule has 1 fully saturated rings. The third-order valence-corrected chi connectivity index (χ3v) is 5.55. The quantitative estimate of drug-likeness (QED) is 0.611. The second-order valence-corrected chi connectivity index (χ2v) is 9.36. The van der Waals surface area contributed by atoms with Gasteiger partial charge in [-0.15, -0.1) is 10.2 Å². The number of carbonyl (C=O) groups excluding carboxylic acids is 1. The zero-order chi connectivity index (χ0) is 23.6. The smallest absolute Gasteiger partial charge is 0.410 e. The van der Waals surface area contributed by atoms with E-state index in [1.165, 1.54) is 0 Å². The molecule has 2 aromatic heterocycles. The summed E-state index contributed by atoms with van der Waals surface area (Å²) in [5.41, 5.74) is 1.88. The number of rotatable bonds is 4. The molecule has 3 heterocycles. The lowest BCUT2D eigenvalue weighted by molar-refractivity contribution is 0.0206. The highest BCUT2D eigenvalue weighted by molar-refractivity contribution is 6.00. The molecule has 33 heavy (non-hydrogen) atoms. The van der Waals surface area contributed by atoms with Gasteiger partial charge in [0.1, 0.15) is 11.3 Å². The molecular weight excluding hydrogens is 418 g/mol. The Morgan fingerprint density at radius 3 is 2.61 bits per heavy atom. The van der Waals surface area contributed by atoms with Crippen LogP contribution in [0, 0.1) is 6.92 Å². The first kappa shape index (κ1) is 22.8. The summed E-state index contributed by atoms with van der Waals surface area (Å²) in [7, 11) is 1.61. The molecule has 0 aliphatic carbocycles. The monoisotopic (exact) mass is 449 g/mol. The van der Waals surface area contributed by atoms with Gasteiger partial charge in [-0.1, -0.05) is 24.3 Å². The number of aryl methyl sites for hydroxylation is 1. The van der Waals surface area contributed by atoms with E-state index in [2.05, 4.69) is 20.5 Å². The van der Waals surface area contributed by atoms with E-state index in [1.807, 2.05) is 64.1 Å². The first-order valence-corrected chi connectivity index (χ1v) is 11.3. The highest BCUT2D eigenvalue weighted by Crippen LogP contribution is 2.34. The molecule has 1 aromatic carbocycles. The number of methoxy groups -OCH3 is 1. The van der Waals surface area contributed by atoms with E-state index in [0.29, 0.717) is 24.8 Å². The standard InChI is InChI=1S/C25H31N5O3/c1-16-12-13-20(23(26-16)32-5)21-18-10-6-7-11-19(18)22(29-28-21)27-17-9-8-14-30(15-17)24(31)33-25(2,3)4/h6-7,10-13,17H,8-9,14-15H2,1-5H3,(H,27,29)/t17-/m1/s1. The summed E-state index contributed by atoms with van der Waals surface area (Å²) in [5, 5.41) is 14.5. The first-order chi connectivity index (χ1) is 15.7. The van der Waals surface area contributed by atoms with E-state index in [9.17, 15) is 4.79 Å². The van der Waals surface area contributed by atoms with Gasteiger partial charge >= 0.3 is 6.09 Å².